The molecule has 3 aromatic rings. The normalized spacial score (nSPS) is 10.7. The van der Waals surface area contributed by atoms with Gasteiger partial charge in [-0.1, -0.05) is 30.3 Å². The van der Waals surface area contributed by atoms with Crippen molar-refractivity contribution in [3.8, 4) is 11.3 Å². The van der Waals surface area contributed by atoms with Crippen molar-refractivity contribution < 1.29 is 0 Å². The Hall–Kier alpha value is -2.07. The van der Waals surface area contributed by atoms with Crippen LogP contribution in [-0.4, -0.2) is 9.97 Å². The van der Waals surface area contributed by atoms with Crippen LogP contribution in [-0.2, 0) is 0 Å². The van der Waals surface area contributed by atoms with Crippen LogP contribution in [0.4, 0.5) is 0 Å². The fraction of sp³-hybridized carbons (Fsp3) is 0. The number of hydrogen-bond acceptors (Lipinski definition) is 3. The van der Waals surface area contributed by atoms with E-state index in [1.165, 1.54) is 0 Å². The van der Waals surface area contributed by atoms with Crippen molar-refractivity contribution in [3.63, 3.8) is 0 Å². The standard InChI is InChI=1S/C14H10N2OS/c17-14-15-12-4-2-1-3-11(12)13(16-14)9-5-7-10(18)8-6-9/h1-8,18H,(H,15,16,17). The van der Waals surface area contributed by atoms with Crippen LogP contribution < -0.4 is 5.69 Å². The lowest BCUT2D eigenvalue weighted by Crippen LogP contribution is -2.11. The highest BCUT2D eigenvalue weighted by molar-refractivity contribution is 7.80. The van der Waals surface area contributed by atoms with Crippen LogP contribution >= 0.6 is 12.6 Å². The van der Waals surface area contributed by atoms with Crippen molar-refractivity contribution in [2.75, 3.05) is 0 Å². The van der Waals surface area contributed by atoms with Crippen LogP contribution in [0.15, 0.2) is 58.2 Å². The molecule has 0 aliphatic rings. The van der Waals surface area contributed by atoms with E-state index in [4.69, 9.17) is 0 Å². The fourth-order valence-electron chi connectivity index (χ4n) is 1.94. The maximum Gasteiger partial charge on any atom is 0.345 e. The lowest BCUT2D eigenvalue weighted by atomic mass is 10.1. The van der Waals surface area contributed by atoms with Gasteiger partial charge in [0.1, 0.15) is 0 Å². The molecule has 2 aromatic carbocycles. The van der Waals surface area contributed by atoms with Gasteiger partial charge in [-0.05, 0) is 18.2 Å². The summed E-state index contributed by atoms with van der Waals surface area (Å²) < 4.78 is 0. The van der Waals surface area contributed by atoms with E-state index in [2.05, 4.69) is 22.6 Å². The summed E-state index contributed by atoms with van der Waals surface area (Å²) in [6.07, 6.45) is 0. The van der Waals surface area contributed by atoms with Crippen molar-refractivity contribution in [2.45, 2.75) is 4.90 Å². The second kappa shape index (κ2) is 4.31. The number of aromatic nitrogens is 2. The summed E-state index contributed by atoms with van der Waals surface area (Å²) in [5.41, 5.74) is 2.07. The Morgan fingerprint density at radius 1 is 1.00 bits per heavy atom. The first-order valence-electron chi connectivity index (χ1n) is 5.52. The monoisotopic (exact) mass is 254 g/mol. The second-order valence-electron chi connectivity index (χ2n) is 3.98. The van der Waals surface area contributed by atoms with E-state index in [1.807, 2.05) is 48.5 Å². The van der Waals surface area contributed by atoms with Crippen molar-refractivity contribution in [1.82, 2.24) is 9.97 Å². The Bertz CT molecular complexity index is 763. The zero-order chi connectivity index (χ0) is 12.5. The minimum absolute atomic E-state index is 0.335. The fourth-order valence-corrected chi connectivity index (χ4v) is 2.09. The molecule has 0 amide bonds. The Kier molecular flexibility index (Phi) is 2.64. The topological polar surface area (TPSA) is 45.8 Å². The van der Waals surface area contributed by atoms with Gasteiger partial charge in [0, 0.05) is 15.8 Å². The molecular weight excluding hydrogens is 244 g/mol. The van der Waals surface area contributed by atoms with E-state index < -0.39 is 0 Å². The Morgan fingerprint density at radius 2 is 1.72 bits per heavy atom. The molecule has 4 heteroatoms. The summed E-state index contributed by atoms with van der Waals surface area (Å²) in [5, 5.41) is 0.934. The Morgan fingerprint density at radius 3 is 2.50 bits per heavy atom. The Labute approximate surface area is 109 Å². The lowest BCUT2D eigenvalue weighted by Gasteiger charge is -2.05. The highest BCUT2D eigenvalue weighted by Crippen LogP contribution is 2.24. The molecule has 3 rings (SSSR count). The van der Waals surface area contributed by atoms with Crippen LogP contribution in [0.5, 0.6) is 0 Å². The van der Waals surface area contributed by atoms with Gasteiger partial charge < -0.3 is 4.98 Å². The first-order valence-corrected chi connectivity index (χ1v) is 5.97. The van der Waals surface area contributed by atoms with E-state index in [0.717, 1.165) is 21.4 Å². The molecule has 3 nitrogen and oxygen atoms in total. The number of rotatable bonds is 1. The first-order chi connectivity index (χ1) is 8.74. The molecule has 0 atom stereocenters. The van der Waals surface area contributed by atoms with Crippen molar-refractivity contribution in [1.29, 1.82) is 0 Å². The predicted molar refractivity (Wildman–Crippen MR) is 75.1 cm³/mol. The summed E-state index contributed by atoms with van der Waals surface area (Å²) in [5.74, 6) is 0. The van der Waals surface area contributed by atoms with Crippen LogP contribution in [0.3, 0.4) is 0 Å². The molecule has 88 valence electrons. The highest BCUT2D eigenvalue weighted by Gasteiger charge is 2.06. The number of aromatic amines is 1. The molecule has 1 heterocycles. The molecule has 1 aromatic heterocycles. The number of nitrogens with one attached hydrogen (secondary N) is 1. The SMILES string of the molecule is O=c1nc(-c2ccc(S)cc2)c2ccccc2[nH]1. The largest absolute Gasteiger partial charge is 0.345 e. The molecule has 1 N–H and O–H groups in total. The molecule has 0 saturated carbocycles. The quantitative estimate of drug-likeness (QED) is 0.656. The van der Waals surface area contributed by atoms with Crippen molar-refractivity contribution >= 4 is 23.5 Å². The molecule has 18 heavy (non-hydrogen) atoms. The van der Waals surface area contributed by atoms with Crippen LogP contribution in [0, 0.1) is 0 Å². The number of benzene rings is 2. The lowest BCUT2D eigenvalue weighted by molar-refractivity contribution is 1.12. The van der Waals surface area contributed by atoms with Crippen LogP contribution in [0.1, 0.15) is 0 Å². The van der Waals surface area contributed by atoms with E-state index in [-0.39, 0.29) is 5.69 Å². The maximum atomic E-state index is 11.6. The van der Waals surface area contributed by atoms with Gasteiger partial charge in [0.15, 0.2) is 0 Å². The summed E-state index contributed by atoms with van der Waals surface area (Å²) in [6, 6.07) is 15.2. The zero-order valence-electron chi connectivity index (χ0n) is 9.42. The smallest absolute Gasteiger partial charge is 0.305 e. The number of H-pyrrole nitrogens is 1. The van der Waals surface area contributed by atoms with Gasteiger partial charge in [-0.25, -0.2) is 4.79 Å². The number of hydrogen-bond donors (Lipinski definition) is 2. The third kappa shape index (κ3) is 1.91. The molecule has 0 aliphatic carbocycles. The Balaban J connectivity index is 2.34. The molecule has 0 fully saturated rings. The predicted octanol–water partition coefficient (Wildman–Crippen LogP) is 2.88. The van der Waals surface area contributed by atoms with Gasteiger partial charge in [0.25, 0.3) is 0 Å². The molecular formula is C14H10N2OS. The number of para-hydroxylation sites is 1. The minimum atomic E-state index is -0.335. The number of nitrogens with zero attached hydrogens (tertiary/aromatic N) is 1. The third-order valence-electron chi connectivity index (χ3n) is 2.78. The molecule has 0 spiro atoms. The van der Waals surface area contributed by atoms with Gasteiger partial charge >= 0.3 is 5.69 Å². The second-order valence-corrected chi connectivity index (χ2v) is 4.50. The van der Waals surface area contributed by atoms with Gasteiger partial charge in [-0.3, -0.25) is 0 Å². The van der Waals surface area contributed by atoms with Crippen LogP contribution in [0.25, 0.3) is 22.2 Å². The van der Waals surface area contributed by atoms with Crippen molar-refractivity contribution in [2.24, 2.45) is 0 Å². The molecule has 0 saturated heterocycles. The highest BCUT2D eigenvalue weighted by atomic mass is 32.1. The number of fused-ring (bicyclic) bond motifs is 1. The molecule has 0 unspecified atom stereocenters. The molecule has 0 aliphatic heterocycles. The van der Waals surface area contributed by atoms with E-state index >= 15 is 0 Å². The maximum absolute atomic E-state index is 11.6. The summed E-state index contributed by atoms with van der Waals surface area (Å²) in [4.78, 5) is 19.2. The van der Waals surface area contributed by atoms with Gasteiger partial charge in [0.05, 0.1) is 11.2 Å². The zero-order valence-corrected chi connectivity index (χ0v) is 10.3. The first kappa shape index (κ1) is 11.0. The van der Waals surface area contributed by atoms with Gasteiger partial charge in [0.2, 0.25) is 0 Å². The summed E-state index contributed by atoms with van der Waals surface area (Å²) >= 11 is 4.25. The van der Waals surface area contributed by atoms with E-state index in [9.17, 15) is 4.79 Å². The average Bonchev–Trinajstić information content (AvgIpc) is 2.38. The summed E-state index contributed by atoms with van der Waals surface area (Å²) in [6.45, 7) is 0. The summed E-state index contributed by atoms with van der Waals surface area (Å²) in [7, 11) is 0. The van der Waals surface area contributed by atoms with Gasteiger partial charge in [-0.2, -0.15) is 4.98 Å². The molecule has 0 bridgehead atoms. The minimum Gasteiger partial charge on any atom is -0.305 e. The van der Waals surface area contributed by atoms with E-state index in [0.29, 0.717) is 5.69 Å². The third-order valence-corrected chi connectivity index (χ3v) is 3.08. The van der Waals surface area contributed by atoms with Gasteiger partial charge in [-0.15, -0.1) is 12.6 Å². The van der Waals surface area contributed by atoms with Crippen LogP contribution in [0.2, 0.25) is 0 Å². The number of thiol groups is 1. The van der Waals surface area contributed by atoms with Crippen molar-refractivity contribution in [3.05, 3.63) is 59.0 Å². The average molecular weight is 254 g/mol. The van der Waals surface area contributed by atoms with E-state index in [1.54, 1.807) is 0 Å². The molecule has 0 radical (unpaired) electrons.